The number of piperazine rings is 1. The summed E-state index contributed by atoms with van der Waals surface area (Å²) in [6.07, 6.45) is 8.22. The number of likely N-dealkylation sites (N-methyl/N-ethyl adjacent to an activating group) is 1. The highest BCUT2D eigenvalue weighted by Gasteiger charge is 2.39. The van der Waals surface area contributed by atoms with Gasteiger partial charge in [-0.3, -0.25) is 9.69 Å². The lowest BCUT2D eigenvalue weighted by molar-refractivity contribution is 0.0497. The number of hydrogen-bond donors (Lipinski definition) is 1. The van der Waals surface area contributed by atoms with E-state index in [4.69, 9.17) is 4.74 Å². The summed E-state index contributed by atoms with van der Waals surface area (Å²) in [5, 5.41) is 3.38. The molecule has 1 N–H and O–H groups in total. The molecule has 1 saturated heterocycles. The molecule has 1 atom stereocenters. The predicted octanol–water partition coefficient (Wildman–Crippen LogP) is 5.75. The van der Waals surface area contributed by atoms with Crippen molar-refractivity contribution >= 4 is 17.4 Å². The molecule has 2 aromatic rings. The molecule has 1 fully saturated rings. The Labute approximate surface area is 229 Å². The Morgan fingerprint density at radius 2 is 1.47 bits per heavy atom. The van der Waals surface area contributed by atoms with Crippen LogP contribution in [0.15, 0.2) is 48.5 Å². The van der Waals surface area contributed by atoms with E-state index < -0.39 is 5.54 Å². The number of hydrogen-bond acceptors (Lipinski definition) is 6. The fourth-order valence-corrected chi connectivity index (χ4v) is 5.29. The summed E-state index contributed by atoms with van der Waals surface area (Å²) < 4.78 is 5.48. The summed E-state index contributed by atoms with van der Waals surface area (Å²) in [5.41, 5.74) is 2.81. The minimum Gasteiger partial charge on any atom is -0.462 e. The Bertz CT molecular complexity index is 998. The van der Waals surface area contributed by atoms with Gasteiger partial charge in [-0.25, -0.2) is 4.79 Å². The summed E-state index contributed by atoms with van der Waals surface area (Å²) in [4.78, 5) is 30.8. The zero-order chi connectivity index (χ0) is 27.4. The minimum atomic E-state index is -0.670. The summed E-state index contributed by atoms with van der Waals surface area (Å²) >= 11 is 0. The first-order chi connectivity index (χ1) is 18.4. The lowest BCUT2D eigenvalue weighted by Crippen LogP contribution is -2.52. The summed E-state index contributed by atoms with van der Waals surface area (Å²) in [7, 11) is 3.95. The lowest BCUT2D eigenvalue weighted by Gasteiger charge is -2.38. The number of Topliss-reactive ketones (excluding diaryl/α,β-unsaturated/α-hetero) is 1. The average molecular weight is 522 g/mol. The topological polar surface area (TPSA) is 61.9 Å². The molecule has 0 spiro atoms. The van der Waals surface area contributed by atoms with E-state index in [1.54, 1.807) is 0 Å². The number of benzene rings is 2. The number of nitrogens with one attached hydrogen (secondary N) is 1. The standard InChI is InChI=1S/C32H47N3O3/c1-5-7-8-9-10-11-24-38-31(37)28-14-12-26(13-15-28)25-32(6-2,34(3)4)30(36)27-16-18-29(19-17-27)35-22-20-33-21-23-35/h12-19,33H,5-11,20-25H2,1-4H3. The normalized spacial score (nSPS) is 15.3. The molecule has 1 heterocycles. The van der Waals surface area contributed by atoms with Crippen LogP contribution in [0.3, 0.4) is 0 Å². The quantitative estimate of drug-likeness (QED) is 0.183. The van der Waals surface area contributed by atoms with Gasteiger partial charge in [0.25, 0.3) is 0 Å². The maximum Gasteiger partial charge on any atom is 0.338 e. The molecule has 0 amide bonds. The van der Waals surface area contributed by atoms with E-state index in [1.165, 1.54) is 25.7 Å². The lowest BCUT2D eigenvalue weighted by atomic mass is 9.80. The number of carbonyl (C=O) groups excluding carboxylic acids is 2. The van der Waals surface area contributed by atoms with E-state index in [0.29, 0.717) is 25.0 Å². The van der Waals surface area contributed by atoms with Crippen LogP contribution in [0.1, 0.15) is 85.1 Å². The van der Waals surface area contributed by atoms with Crippen LogP contribution in [0.2, 0.25) is 0 Å². The minimum absolute atomic E-state index is 0.124. The molecule has 38 heavy (non-hydrogen) atoms. The number of rotatable bonds is 15. The van der Waals surface area contributed by atoms with Crippen molar-refractivity contribution in [3.05, 3.63) is 65.2 Å². The van der Waals surface area contributed by atoms with Crippen LogP contribution in [-0.4, -0.2) is 69.1 Å². The van der Waals surface area contributed by atoms with Gasteiger partial charge in [0.2, 0.25) is 0 Å². The molecule has 0 radical (unpaired) electrons. The molecule has 0 aliphatic carbocycles. The Morgan fingerprint density at radius 3 is 2.08 bits per heavy atom. The van der Waals surface area contributed by atoms with Gasteiger partial charge in [-0.1, -0.05) is 58.1 Å². The highest BCUT2D eigenvalue weighted by atomic mass is 16.5. The number of unbranched alkanes of at least 4 members (excludes halogenated alkanes) is 5. The number of ether oxygens (including phenoxy) is 1. The Morgan fingerprint density at radius 1 is 0.868 bits per heavy atom. The third-order valence-corrected chi connectivity index (χ3v) is 7.89. The van der Waals surface area contributed by atoms with Gasteiger partial charge in [0, 0.05) is 37.4 Å². The number of esters is 1. The molecule has 1 aliphatic rings. The SMILES string of the molecule is CCCCCCCCOC(=O)c1ccc(CC(CC)(C(=O)c2ccc(N3CCNCC3)cc2)N(C)C)cc1. The maximum atomic E-state index is 13.9. The van der Waals surface area contributed by atoms with Crippen LogP contribution >= 0.6 is 0 Å². The van der Waals surface area contributed by atoms with Gasteiger partial charge in [-0.05, 0) is 75.3 Å². The number of nitrogens with zero attached hydrogens (tertiary/aromatic N) is 2. The van der Waals surface area contributed by atoms with Crippen LogP contribution in [0.4, 0.5) is 5.69 Å². The molecule has 208 valence electrons. The first kappa shape index (κ1) is 29.9. The van der Waals surface area contributed by atoms with Gasteiger partial charge in [-0.2, -0.15) is 0 Å². The van der Waals surface area contributed by atoms with E-state index in [0.717, 1.165) is 55.8 Å². The zero-order valence-corrected chi connectivity index (χ0v) is 23.9. The molecule has 2 aromatic carbocycles. The van der Waals surface area contributed by atoms with E-state index >= 15 is 0 Å². The van der Waals surface area contributed by atoms with Gasteiger partial charge in [-0.15, -0.1) is 0 Å². The molecule has 1 unspecified atom stereocenters. The second-order valence-electron chi connectivity index (χ2n) is 10.7. The molecule has 0 bridgehead atoms. The highest BCUT2D eigenvalue weighted by molar-refractivity contribution is 6.03. The Hall–Kier alpha value is -2.70. The summed E-state index contributed by atoms with van der Waals surface area (Å²) in [6.45, 7) is 8.67. The number of ketones is 1. The third kappa shape index (κ3) is 7.90. The number of carbonyl (C=O) groups is 2. The average Bonchev–Trinajstić information content (AvgIpc) is 2.95. The first-order valence-electron chi connectivity index (χ1n) is 14.4. The van der Waals surface area contributed by atoms with E-state index in [-0.39, 0.29) is 11.8 Å². The third-order valence-electron chi connectivity index (χ3n) is 7.89. The van der Waals surface area contributed by atoms with Crippen LogP contribution in [-0.2, 0) is 11.2 Å². The van der Waals surface area contributed by atoms with Crippen LogP contribution < -0.4 is 10.2 Å². The molecule has 0 aromatic heterocycles. The van der Waals surface area contributed by atoms with Crippen LogP contribution in [0.5, 0.6) is 0 Å². The maximum absolute atomic E-state index is 13.9. The van der Waals surface area contributed by atoms with Gasteiger partial charge in [0.05, 0.1) is 17.7 Å². The van der Waals surface area contributed by atoms with Crippen molar-refractivity contribution in [2.24, 2.45) is 0 Å². The van der Waals surface area contributed by atoms with Gasteiger partial charge < -0.3 is 15.0 Å². The van der Waals surface area contributed by atoms with E-state index in [1.807, 2.05) is 55.4 Å². The zero-order valence-electron chi connectivity index (χ0n) is 23.9. The summed E-state index contributed by atoms with van der Waals surface area (Å²) in [5.74, 6) is -0.153. The van der Waals surface area contributed by atoms with Crippen LogP contribution in [0.25, 0.3) is 0 Å². The van der Waals surface area contributed by atoms with Crippen molar-refractivity contribution in [2.75, 3.05) is 51.8 Å². The highest BCUT2D eigenvalue weighted by Crippen LogP contribution is 2.29. The van der Waals surface area contributed by atoms with Crippen molar-refractivity contribution < 1.29 is 14.3 Å². The fourth-order valence-electron chi connectivity index (χ4n) is 5.29. The van der Waals surface area contributed by atoms with Gasteiger partial charge in [0.15, 0.2) is 5.78 Å². The molecule has 1 aliphatic heterocycles. The largest absolute Gasteiger partial charge is 0.462 e. The van der Waals surface area contributed by atoms with Crippen molar-refractivity contribution in [1.29, 1.82) is 0 Å². The fraction of sp³-hybridized carbons (Fsp3) is 0.562. The van der Waals surface area contributed by atoms with Crippen molar-refractivity contribution in [1.82, 2.24) is 10.2 Å². The van der Waals surface area contributed by atoms with Gasteiger partial charge in [0.1, 0.15) is 0 Å². The molecule has 0 saturated carbocycles. The molecule has 6 heteroatoms. The molecule has 3 rings (SSSR count). The first-order valence-corrected chi connectivity index (χ1v) is 14.4. The Kier molecular flexibility index (Phi) is 11.8. The Balaban J connectivity index is 1.62. The smallest absolute Gasteiger partial charge is 0.338 e. The molecular formula is C32H47N3O3. The monoisotopic (exact) mass is 521 g/mol. The number of anilines is 1. The summed E-state index contributed by atoms with van der Waals surface area (Å²) in [6, 6.07) is 15.6. The van der Waals surface area contributed by atoms with Crippen molar-refractivity contribution in [2.45, 2.75) is 70.8 Å². The predicted molar refractivity (Wildman–Crippen MR) is 156 cm³/mol. The van der Waals surface area contributed by atoms with E-state index in [2.05, 4.69) is 36.2 Å². The van der Waals surface area contributed by atoms with Gasteiger partial charge >= 0.3 is 5.97 Å². The van der Waals surface area contributed by atoms with Crippen molar-refractivity contribution in [3.63, 3.8) is 0 Å². The molecule has 6 nitrogen and oxygen atoms in total. The second-order valence-corrected chi connectivity index (χ2v) is 10.7. The second kappa shape index (κ2) is 15.0. The van der Waals surface area contributed by atoms with E-state index in [9.17, 15) is 9.59 Å². The van der Waals surface area contributed by atoms with Crippen LogP contribution in [0, 0.1) is 0 Å². The molecular weight excluding hydrogens is 474 g/mol. The van der Waals surface area contributed by atoms with Crippen molar-refractivity contribution in [3.8, 4) is 0 Å².